The lowest BCUT2D eigenvalue weighted by atomic mass is 10.1. The molecule has 1 aliphatic heterocycles. The fraction of sp³-hybridized carbons (Fsp3) is 0.263. The van der Waals surface area contributed by atoms with E-state index in [0.29, 0.717) is 23.0 Å². The largest absolute Gasteiger partial charge is 0.463 e. The number of furan rings is 1. The van der Waals surface area contributed by atoms with E-state index in [9.17, 15) is 14.4 Å². The summed E-state index contributed by atoms with van der Waals surface area (Å²) >= 11 is 0. The van der Waals surface area contributed by atoms with Gasteiger partial charge >= 0.3 is 11.9 Å². The summed E-state index contributed by atoms with van der Waals surface area (Å²) in [6, 6.07) is 6.21. The SMILES string of the molecule is COC(=O)c1occc1COC(=O)c1ccc2c(=O)n3c(nc2c1)CCC3. The van der Waals surface area contributed by atoms with Crippen LogP contribution in [-0.4, -0.2) is 28.6 Å². The quantitative estimate of drug-likeness (QED) is 0.650. The Kier molecular flexibility index (Phi) is 4.23. The minimum absolute atomic E-state index is 0.00550. The van der Waals surface area contributed by atoms with Crippen LogP contribution in [0.1, 0.15) is 38.7 Å². The second-order valence-corrected chi connectivity index (χ2v) is 6.16. The summed E-state index contributed by atoms with van der Waals surface area (Å²) in [5.74, 6) is -0.500. The van der Waals surface area contributed by atoms with E-state index in [1.807, 2.05) is 0 Å². The fourth-order valence-corrected chi connectivity index (χ4v) is 3.16. The first-order valence-corrected chi connectivity index (χ1v) is 8.44. The second kappa shape index (κ2) is 6.71. The number of aromatic nitrogens is 2. The number of hydrogen-bond donors (Lipinski definition) is 0. The van der Waals surface area contributed by atoms with Crippen LogP contribution in [0.25, 0.3) is 10.9 Å². The highest BCUT2D eigenvalue weighted by atomic mass is 16.5. The highest BCUT2D eigenvalue weighted by Crippen LogP contribution is 2.18. The Hall–Kier alpha value is -3.42. The van der Waals surface area contributed by atoms with Gasteiger partial charge in [0.05, 0.1) is 29.8 Å². The molecule has 138 valence electrons. The van der Waals surface area contributed by atoms with Crippen molar-refractivity contribution in [3.63, 3.8) is 0 Å². The summed E-state index contributed by atoms with van der Waals surface area (Å²) in [6.45, 7) is 0.534. The fourth-order valence-electron chi connectivity index (χ4n) is 3.16. The molecule has 0 atom stereocenters. The molecule has 8 heteroatoms. The van der Waals surface area contributed by atoms with Gasteiger partial charge in [-0.15, -0.1) is 0 Å². The van der Waals surface area contributed by atoms with Gasteiger partial charge in [-0.1, -0.05) is 0 Å². The first-order chi connectivity index (χ1) is 13.1. The van der Waals surface area contributed by atoms with Crippen LogP contribution >= 0.6 is 0 Å². The van der Waals surface area contributed by atoms with E-state index < -0.39 is 11.9 Å². The third-order valence-corrected chi connectivity index (χ3v) is 4.53. The first-order valence-electron chi connectivity index (χ1n) is 8.44. The predicted molar refractivity (Wildman–Crippen MR) is 93.5 cm³/mol. The van der Waals surface area contributed by atoms with Gasteiger partial charge in [0.2, 0.25) is 5.76 Å². The highest BCUT2D eigenvalue weighted by molar-refractivity contribution is 5.94. The maximum absolute atomic E-state index is 12.5. The summed E-state index contributed by atoms with van der Waals surface area (Å²) in [6.07, 6.45) is 2.96. The van der Waals surface area contributed by atoms with Crippen LogP contribution in [0.15, 0.2) is 39.7 Å². The molecule has 1 aromatic carbocycles. The zero-order chi connectivity index (χ0) is 19.0. The van der Waals surface area contributed by atoms with Crippen molar-refractivity contribution in [3.05, 3.63) is 63.6 Å². The van der Waals surface area contributed by atoms with Crippen LogP contribution in [0.2, 0.25) is 0 Å². The zero-order valence-corrected chi connectivity index (χ0v) is 14.6. The minimum Gasteiger partial charge on any atom is -0.463 e. The van der Waals surface area contributed by atoms with Gasteiger partial charge in [0, 0.05) is 18.5 Å². The average Bonchev–Trinajstić information content (AvgIpc) is 3.34. The molecule has 8 nitrogen and oxygen atoms in total. The number of benzene rings is 1. The van der Waals surface area contributed by atoms with Gasteiger partial charge in [0.25, 0.3) is 5.56 Å². The van der Waals surface area contributed by atoms with Gasteiger partial charge in [0.15, 0.2) is 0 Å². The van der Waals surface area contributed by atoms with Gasteiger partial charge in [0.1, 0.15) is 12.4 Å². The van der Waals surface area contributed by atoms with Gasteiger partial charge in [-0.25, -0.2) is 14.6 Å². The summed E-state index contributed by atoms with van der Waals surface area (Å²) in [7, 11) is 1.24. The van der Waals surface area contributed by atoms with E-state index in [2.05, 4.69) is 9.72 Å². The molecule has 0 fully saturated rings. The van der Waals surface area contributed by atoms with Crippen molar-refractivity contribution in [2.75, 3.05) is 7.11 Å². The van der Waals surface area contributed by atoms with Crippen molar-refractivity contribution >= 4 is 22.8 Å². The Balaban J connectivity index is 1.57. The number of fused-ring (bicyclic) bond motifs is 2. The standard InChI is InChI=1S/C19H16N2O6/c1-25-19(24)16-12(6-8-26-16)10-27-18(23)11-4-5-13-14(9-11)20-15-3-2-7-21(15)17(13)22/h4-6,8-9H,2-3,7,10H2,1H3. The second-order valence-electron chi connectivity index (χ2n) is 6.16. The summed E-state index contributed by atoms with van der Waals surface area (Å²) in [5.41, 5.74) is 1.07. The normalized spacial score (nSPS) is 12.8. The molecule has 27 heavy (non-hydrogen) atoms. The lowest BCUT2D eigenvalue weighted by molar-refractivity contribution is 0.0453. The molecule has 0 bridgehead atoms. The van der Waals surface area contributed by atoms with Crippen LogP contribution in [0.3, 0.4) is 0 Å². The molecule has 0 unspecified atom stereocenters. The minimum atomic E-state index is -0.643. The number of nitrogens with zero attached hydrogens (tertiary/aromatic N) is 2. The van der Waals surface area contributed by atoms with E-state index in [0.717, 1.165) is 18.7 Å². The lowest BCUT2D eigenvalue weighted by Gasteiger charge is -2.07. The Labute approximate surface area is 153 Å². The Morgan fingerprint density at radius 1 is 1.26 bits per heavy atom. The van der Waals surface area contributed by atoms with E-state index in [4.69, 9.17) is 9.15 Å². The van der Waals surface area contributed by atoms with E-state index in [1.165, 1.54) is 25.5 Å². The van der Waals surface area contributed by atoms with E-state index in [-0.39, 0.29) is 23.5 Å². The number of rotatable bonds is 4. The van der Waals surface area contributed by atoms with Crippen LogP contribution in [0.4, 0.5) is 0 Å². The van der Waals surface area contributed by atoms with Crippen LogP contribution in [0.5, 0.6) is 0 Å². The number of carbonyl (C=O) groups is 2. The van der Waals surface area contributed by atoms with Gasteiger partial charge in [-0.2, -0.15) is 0 Å². The average molecular weight is 368 g/mol. The van der Waals surface area contributed by atoms with Crippen molar-refractivity contribution in [3.8, 4) is 0 Å². The van der Waals surface area contributed by atoms with Crippen molar-refractivity contribution in [1.82, 2.24) is 9.55 Å². The number of ether oxygens (including phenoxy) is 2. The first kappa shape index (κ1) is 17.0. The number of aryl methyl sites for hydroxylation is 1. The monoisotopic (exact) mass is 368 g/mol. The Morgan fingerprint density at radius 3 is 2.93 bits per heavy atom. The molecule has 2 aromatic heterocycles. The molecule has 3 heterocycles. The molecule has 0 aliphatic carbocycles. The van der Waals surface area contributed by atoms with E-state index in [1.54, 1.807) is 16.7 Å². The molecule has 0 radical (unpaired) electrons. The molecule has 0 spiro atoms. The van der Waals surface area contributed by atoms with E-state index >= 15 is 0 Å². The van der Waals surface area contributed by atoms with Crippen LogP contribution in [-0.2, 0) is 29.0 Å². The van der Waals surface area contributed by atoms with Crippen molar-refractivity contribution in [2.45, 2.75) is 26.0 Å². The molecule has 3 aromatic rings. The third kappa shape index (κ3) is 2.99. The molecule has 0 N–H and O–H groups in total. The summed E-state index contributed by atoms with van der Waals surface area (Å²) < 4.78 is 16.6. The highest BCUT2D eigenvalue weighted by Gasteiger charge is 2.19. The van der Waals surface area contributed by atoms with Gasteiger partial charge < -0.3 is 13.9 Å². The van der Waals surface area contributed by atoms with Gasteiger partial charge in [-0.05, 0) is 30.7 Å². The smallest absolute Gasteiger partial charge is 0.374 e. The van der Waals surface area contributed by atoms with Crippen LogP contribution < -0.4 is 5.56 Å². The summed E-state index contributed by atoms with van der Waals surface area (Å²) in [4.78, 5) is 40.9. The maximum Gasteiger partial charge on any atom is 0.374 e. The molecule has 0 saturated carbocycles. The number of esters is 2. The zero-order valence-electron chi connectivity index (χ0n) is 14.6. The van der Waals surface area contributed by atoms with Crippen molar-refractivity contribution < 1.29 is 23.5 Å². The topological polar surface area (TPSA) is 101 Å². The maximum atomic E-state index is 12.5. The Bertz CT molecular complexity index is 1110. The molecule has 4 rings (SSSR count). The molecule has 0 saturated heterocycles. The lowest BCUT2D eigenvalue weighted by Crippen LogP contribution is -2.21. The van der Waals surface area contributed by atoms with Gasteiger partial charge in [-0.3, -0.25) is 9.36 Å². The molecule has 1 aliphatic rings. The number of methoxy groups -OCH3 is 1. The molecular formula is C19H16N2O6. The number of carbonyl (C=O) groups excluding carboxylic acids is 2. The van der Waals surface area contributed by atoms with Crippen molar-refractivity contribution in [2.24, 2.45) is 0 Å². The number of hydrogen-bond acceptors (Lipinski definition) is 7. The summed E-state index contributed by atoms with van der Waals surface area (Å²) in [5, 5.41) is 0.472. The third-order valence-electron chi connectivity index (χ3n) is 4.53. The Morgan fingerprint density at radius 2 is 2.11 bits per heavy atom. The van der Waals surface area contributed by atoms with Crippen LogP contribution in [0, 0.1) is 0 Å². The molecular weight excluding hydrogens is 352 g/mol. The van der Waals surface area contributed by atoms with Crippen molar-refractivity contribution in [1.29, 1.82) is 0 Å². The molecule has 0 amide bonds. The predicted octanol–water partition coefficient (Wildman–Crippen LogP) is 2.08.